The number of pyridine rings is 1. The van der Waals surface area contributed by atoms with Gasteiger partial charge in [-0.3, -0.25) is 0 Å². The molecule has 1 saturated carbocycles. The quantitative estimate of drug-likeness (QED) is 0.362. The highest BCUT2D eigenvalue weighted by Gasteiger charge is 2.44. The van der Waals surface area contributed by atoms with Crippen molar-refractivity contribution in [3.63, 3.8) is 0 Å². The van der Waals surface area contributed by atoms with Gasteiger partial charge in [-0.05, 0) is 73.4 Å². The van der Waals surface area contributed by atoms with E-state index in [4.69, 9.17) is 0 Å². The van der Waals surface area contributed by atoms with Crippen LogP contribution in [0.15, 0.2) is 47.1 Å². The average molecular weight is 544 g/mol. The molecule has 2 fully saturated rings. The van der Waals surface area contributed by atoms with Crippen LogP contribution < -0.4 is 4.90 Å². The second-order valence-corrected chi connectivity index (χ2v) is 10.9. The number of benzene rings is 1. The molecule has 0 radical (unpaired) electrons. The van der Waals surface area contributed by atoms with Crippen LogP contribution in [0.3, 0.4) is 0 Å². The molecule has 1 saturated heterocycles. The molecule has 0 bridgehead atoms. The van der Waals surface area contributed by atoms with E-state index in [0.29, 0.717) is 22.4 Å². The lowest BCUT2D eigenvalue weighted by Gasteiger charge is -2.35. The monoisotopic (exact) mass is 543 g/mol. The van der Waals surface area contributed by atoms with Crippen molar-refractivity contribution >= 4 is 27.2 Å². The Balaban J connectivity index is 1.31. The van der Waals surface area contributed by atoms with Crippen molar-refractivity contribution < 1.29 is 13.2 Å². The van der Waals surface area contributed by atoms with Crippen LogP contribution in [0.25, 0.3) is 22.6 Å². The minimum absolute atomic E-state index is 0.0688. The third-order valence-electron chi connectivity index (χ3n) is 7.62. The topological polar surface area (TPSA) is 46.8 Å². The van der Waals surface area contributed by atoms with Gasteiger partial charge in [0.05, 0.1) is 23.3 Å². The van der Waals surface area contributed by atoms with Gasteiger partial charge in [0.1, 0.15) is 11.4 Å². The first-order valence-corrected chi connectivity index (χ1v) is 12.8. The number of aromatic nitrogens is 4. The number of allylic oxidation sites excluding steroid dienone is 2. The molecular weight excluding hydrogens is 519 g/mol. The molecule has 0 N–H and O–H groups in total. The third-order valence-corrected chi connectivity index (χ3v) is 8.12. The minimum Gasteiger partial charge on any atom is -0.370 e. The summed E-state index contributed by atoms with van der Waals surface area (Å²) in [6, 6.07) is 8.88. The summed E-state index contributed by atoms with van der Waals surface area (Å²) in [6.45, 7) is 1.99. The Labute approximate surface area is 210 Å². The second kappa shape index (κ2) is 8.47. The molecule has 3 aliphatic rings. The summed E-state index contributed by atoms with van der Waals surface area (Å²) in [7, 11) is 0. The third kappa shape index (κ3) is 4.50. The van der Waals surface area contributed by atoms with Crippen LogP contribution in [0, 0.1) is 11.2 Å². The lowest BCUT2D eigenvalue weighted by Crippen LogP contribution is -2.35. The summed E-state index contributed by atoms with van der Waals surface area (Å²) in [5.74, 6) is -3.21. The van der Waals surface area contributed by atoms with Crippen molar-refractivity contribution in [1.82, 2.24) is 20.0 Å². The molecule has 35 heavy (non-hydrogen) atoms. The number of nitrogens with zero attached hydrogens (tertiary/aromatic N) is 5. The molecule has 9 heteroatoms. The molecule has 0 unspecified atom stereocenters. The van der Waals surface area contributed by atoms with E-state index in [2.05, 4.69) is 42.2 Å². The molecule has 3 aromatic rings. The van der Waals surface area contributed by atoms with Gasteiger partial charge >= 0.3 is 0 Å². The summed E-state index contributed by atoms with van der Waals surface area (Å²) in [5, 5.41) is 8.51. The molecule has 2 aromatic heterocycles. The number of rotatable bonds is 4. The molecule has 3 heterocycles. The van der Waals surface area contributed by atoms with Gasteiger partial charge < -0.3 is 4.90 Å². The molecule has 1 aromatic carbocycles. The first-order valence-electron chi connectivity index (χ1n) is 12.0. The summed E-state index contributed by atoms with van der Waals surface area (Å²) in [5.41, 5.74) is 4.07. The molecule has 6 rings (SSSR count). The van der Waals surface area contributed by atoms with Crippen LogP contribution in [0.5, 0.6) is 0 Å². The fraction of sp³-hybridized carbons (Fsp3) is 0.423. The Morgan fingerprint density at radius 1 is 0.914 bits per heavy atom. The Morgan fingerprint density at radius 2 is 1.71 bits per heavy atom. The van der Waals surface area contributed by atoms with E-state index in [9.17, 15) is 13.2 Å². The Morgan fingerprint density at radius 3 is 2.43 bits per heavy atom. The number of halogens is 4. The lowest BCUT2D eigenvalue weighted by atomic mass is 9.93. The maximum absolute atomic E-state index is 14.8. The minimum atomic E-state index is -2.69. The normalized spacial score (nSPS) is 20.7. The van der Waals surface area contributed by atoms with Crippen LogP contribution in [0.4, 0.5) is 18.9 Å². The highest BCUT2D eigenvalue weighted by atomic mass is 79.9. The van der Waals surface area contributed by atoms with Crippen LogP contribution in [0.2, 0.25) is 0 Å². The molecule has 0 amide bonds. The number of hydrogen-bond acceptors (Lipinski definition) is 4. The number of hydrogen-bond donors (Lipinski definition) is 0. The number of alkyl halides is 2. The van der Waals surface area contributed by atoms with Gasteiger partial charge in [-0.25, -0.2) is 22.8 Å². The summed E-state index contributed by atoms with van der Waals surface area (Å²) in [4.78, 5) is 6.83. The summed E-state index contributed by atoms with van der Waals surface area (Å²) < 4.78 is 44.5. The molecule has 5 nitrogen and oxygen atoms in total. The largest absolute Gasteiger partial charge is 0.370 e. The Kier molecular flexibility index (Phi) is 5.51. The van der Waals surface area contributed by atoms with E-state index in [1.165, 1.54) is 43.9 Å². The van der Waals surface area contributed by atoms with Gasteiger partial charge in [-0.15, -0.1) is 5.10 Å². The number of anilines is 1. The Bertz CT molecular complexity index is 1300. The predicted octanol–water partition coefficient (Wildman–Crippen LogP) is 6.81. The van der Waals surface area contributed by atoms with Gasteiger partial charge in [-0.2, -0.15) is 0 Å². The zero-order chi connectivity index (χ0) is 24.2. The molecule has 182 valence electrons. The zero-order valence-electron chi connectivity index (χ0n) is 19.2. The van der Waals surface area contributed by atoms with Gasteiger partial charge in [0.25, 0.3) is 5.92 Å². The first kappa shape index (κ1) is 22.8. The van der Waals surface area contributed by atoms with Gasteiger partial charge in [0.2, 0.25) is 0 Å². The van der Waals surface area contributed by atoms with E-state index in [1.54, 1.807) is 10.9 Å². The SMILES string of the molecule is Fc1ccc(C2=CCC(F)(F)CC2)nc1-c1cn(-c2ccc(Br)cc2N2CCC3(CC2)CC3)nn1. The maximum Gasteiger partial charge on any atom is 0.251 e. The standard InChI is InChI=1S/C26H25BrF3N5/c27-18-1-4-22(23(15-18)34-13-11-25(9-10-25)12-14-34)35-16-21(32-33-35)24-19(28)2-3-20(31-24)17-5-7-26(29,30)8-6-17/h1-5,15-16H,6-14H2. The van der Waals surface area contributed by atoms with Crippen molar-refractivity contribution in [2.75, 3.05) is 18.0 Å². The smallest absolute Gasteiger partial charge is 0.251 e. The van der Waals surface area contributed by atoms with Gasteiger partial charge in [0.15, 0.2) is 5.82 Å². The predicted molar refractivity (Wildman–Crippen MR) is 132 cm³/mol. The van der Waals surface area contributed by atoms with Gasteiger partial charge in [-0.1, -0.05) is 27.2 Å². The highest BCUT2D eigenvalue weighted by Crippen LogP contribution is 2.54. The van der Waals surface area contributed by atoms with E-state index >= 15 is 0 Å². The van der Waals surface area contributed by atoms with E-state index in [1.807, 2.05) is 12.1 Å². The number of piperidine rings is 1. The lowest BCUT2D eigenvalue weighted by molar-refractivity contribution is -0.00605. The van der Waals surface area contributed by atoms with E-state index in [-0.39, 0.29) is 25.0 Å². The molecular formula is C26H25BrF3N5. The van der Waals surface area contributed by atoms with Crippen molar-refractivity contribution in [2.45, 2.75) is 50.9 Å². The summed E-state index contributed by atoms with van der Waals surface area (Å²) >= 11 is 3.59. The Hall–Kier alpha value is -2.68. The van der Waals surface area contributed by atoms with Crippen molar-refractivity contribution in [2.24, 2.45) is 5.41 Å². The van der Waals surface area contributed by atoms with Crippen molar-refractivity contribution in [1.29, 1.82) is 0 Å². The summed E-state index contributed by atoms with van der Waals surface area (Å²) in [6.07, 6.45) is 7.92. The van der Waals surface area contributed by atoms with E-state index in [0.717, 1.165) is 28.9 Å². The zero-order valence-corrected chi connectivity index (χ0v) is 20.7. The molecule has 0 atom stereocenters. The second-order valence-electron chi connectivity index (χ2n) is 9.98. The van der Waals surface area contributed by atoms with E-state index < -0.39 is 11.7 Å². The van der Waals surface area contributed by atoms with Crippen molar-refractivity contribution in [3.8, 4) is 17.1 Å². The average Bonchev–Trinajstić information content (AvgIpc) is 3.41. The highest BCUT2D eigenvalue weighted by molar-refractivity contribution is 9.10. The van der Waals surface area contributed by atoms with Crippen LogP contribution in [-0.4, -0.2) is 39.0 Å². The molecule has 1 spiro atoms. The molecule has 1 aliphatic heterocycles. The van der Waals surface area contributed by atoms with Crippen LogP contribution >= 0.6 is 15.9 Å². The van der Waals surface area contributed by atoms with Gasteiger partial charge in [0, 0.05) is 30.4 Å². The van der Waals surface area contributed by atoms with Crippen LogP contribution in [0.1, 0.15) is 50.6 Å². The van der Waals surface area contributed by atoms with Crippen LogP contribution in [-0.2, 0) is 0 Å². The molecule has 2 aliphatic carbocycles. The fourth-order valence-electron chi connectivity index (χ4n) is 5.16. The first-order chi connectivity index (χ1) is 16.8. The maximum atomic E-state index is 14.8. The fourth-order valence-corrected chi connectivity index (χ4v) is 5.51. The van der Waals surface area contributed by atoms with Crippen molar-refractivity contribution in [3.05, 3.63) is 58.6 Å².